The van der Waals surface area contributed by atoms with Gasteiger partial charge in [0.2, 0.25) is 0 Å². The molecule has 0 saturated carbocycles. The Morgan fingerprint density at radius 2 is 2.00 bits per heavy atom. The number of nitrogens with zero attached hydrogens (tertiary/aromatic N) is 2. The number of rotatable bonds is 3. The van der Waals surface area contributed by atoms with Crippen molar-refractivity contribution in [3.63, 3.8) is 0 Å². The zero-order valence-electron chi connectivity index (χ0n) is 11.2. The van der Waals surface area contributed by atoms with Crippen molar-refractivity contribution in [2.45, 2.75) is 6.54 Å². The number of nitrogens with one attached hydrogen (secondary N) is 1. The summed E-state index contributed by atoms with van der Waals surface area (Å²) < 4.78 is 0. The topological polar surface area (TPSA) is 31.9 Å². The number of fused-ring (bicyclic) bond motifs is 1. The molecule has 0 atom stereocenters. The van der Waals surface area contributed by atoms with Crippen LogP contribution in [0.2, 0.25) is 0 Å². The van der Waals surface area contributed by atoms with Gasteiger partial charge >= 0.3 is 0 Å². The number of hydrogen-bond donors (Lipinski definition) is 1. The lowest BCUT2D eigenvalue weighted by Crippen LogP contribution is -2.10. The molecule has 0 bridgehead atoms. The average Bonchev–Trinajstić information content (AvgIpc) is 2.82. The molecule has 3 aromatic rings. The van der Waals surface area contributed by atoms with Crippen LogP contribution in [0, 0.1) is 0 Å². The molecule has 1 aromatic carbocycles. The van der Waals surface area contributed by atoms with Gasteiger partial charge in [0.25, 0.3) is 0 Å². The first-order valence-electron chi connectivity index (χ1n) is 6.40. The van der Waals surface area contributed by atoms with Crippen molar-refractivity contribution in [1.82, 2.24) is 14.9 Å². The second-order valence-corrected chi connectivity index (χ2v) is 5.06. The van der Waals surface area contributed by atoms with Crippen molar-refractivity contribution in [1.29, 1.82) is 0 Å². The molecule has 0 amide bonds. The van der Waals surface area contributed by atoms with Gasteiger partial charge in [-0.25, -0.2) is 4.98 Å². The van der Waals surface area contributed by atoms with E-state index in [9.17, 15) is 0 Å². The van der Waals surface area contributed by atoms with Crippen LogP contribution in [-0.2, 0) is 6.54 Å². The Morgan fingerprint density at radius 1 is 1.11 bits per heavy atom. The second-order valence-electron chi connectivity index (χ2n) is 5.06. The van der Waals surface area contributed by atoms with E-state index in [-0.39, 0.29) is 0 Å². The van der Waals surface area contributed by atoms with Crippen LogP contribution in [0.15, 0.2) is 48.7 Å². The first kappa shape index (κ1) is 11.9. The lowest BCUT2D eigenvalue weighted by Gasteiger charge is -2.10. The normalized spacial score (nSPS) is 11.3. The van der Waals surface area contributed by atoms with Gasteiger partial charge in [-0.15, -0.1) is 0 Å². The van der Waals surface area contributed by atoms with E-state index in [1.54, 1.807) is 0 Å². The summed E-state index contributed by atoms with van der Waals surface area (Å²) in [5.74, 6) is 0. The second kappa shape index (κ2) is 4.86. The summed E-state index contributed by atoms with van der Waals surface area (Å²) >= 11 is 0. The largest absolute Gasteiger partial charge is 0.339 e. The molecule has 3 rings (SSSR count). The molecule has 0 aliphatic carbocycles. The van der Waals surface area contributed by atoms with Crippen LogP contribution < -0.4 is 0 Å². The highest BCUT2D eigenvalue weighted by molar-refractivity contribution is 5.82. The number of hydrogen-bond acceptors (Lipinski definition) is 2. The molecule has 0 aliphatic heterocycles. The van der Waals surface area contributed by atoms with E-state index in [4.69, 9.17) is 0 Å². The highest BCUT2D eigenvalue weighted by Gasteiger charge is 2.04. The molecule has 2 heterocycles. The molecule has 0 saturated heterocycles. The molecule has 0 fully saturated rings. The lowest BCUT2D eigenvalue weighted by atomic mass is 10.1. The quantitative estimate of drug-likeness (QED) is 0.774. The van der Waals surface area contributed by atoms with Crippen LogP contribution in [0.4, 0.5) is 0 Å². The van der Waals surface area contributed by atoms with Crippen molar-refractivity contribution >= 4 is 11.0 Å². The molecule has 1 N–H and O–H groups in total. The number of benzene rings is 1. The lowest BCUT2D eigenvalue weighted by molar-refractivity contribution is 0.402. The fraction of sp³-hybridized carbons (Fsp3) is 0.188. The van der Waals surface area contributed by atoms with Crippen molar-refractivity contribution in [3.8, 4) is 11.3 Å². The zero-order chi connectivity index (χ0) is 13.2. The minimum atomic E-state index is 0.940. The van der Waals surface area contributed by atoms with E-state index < -0.39 is 0 Å². The Labute approximate surface area is 112 Å². The van der Waals surface area contributed by atoms with E-state index in [1.807, 2.05) is 12.3 Å². The van der Waals surface area contributed by atoms with Crippen LogP contribution in [-0.4, -0.2) is 29.0 Å². The standard InChI is InChI=1S/C16H17N3/c1-19(2)11-12-5-3-6-13(9-12)15-10-14-7-4-8-17-16(14)18-15/h3-10H,11H2,1-2H3,(H,17,18). The van der Waals surface area contributed by atoms with Gasteiger partial charge in [-0.3, -0.25) is 0 Å². The van der Waals surface area contributed by atoms with Crippen molar-refractivity contribution < 1.29 is 0 Å². The number of pyridine rings is 1. The number of H-pyrrole nitrogens is 1. The molecule has 0 spiro atoms. The number of aromatic amines is 1. The fourth-order valence-electron chi connectivity index (χ4n) is 2.32. The Hall–Kier alpha value is -2.13. The van der Waals surface area contributed by atoms with Gasteiger partial charge < -0.3 is 9.88 Å². The minimum Gasteiger partial charge on any atom is -0.339 e. The average molecular weight is 251 g/mol. The highest BCUT2D eigenvalue weighted by atomic mass is 15.0. The summed E-state index contributed by atoms with van der Waals surface area (Å²) in [6, 6.07) is 14.8. The van der Waals surface area contributed by atoms with Gasteiger partial charge in [0.05, 0.1) is 0 Å². The minimum absolute atomic E-state index is 0.940. The Balaban J connectivity index is 2.01. The van der Waals surface area contributed by atoms with Gasteiger partial charge in [0.1, 0.15) is 5.65 Å². The third-order valence-electron chi connectivity index (χ3n) is 3.13. The maximum atomic E-state index is 4.33. The summed E-state index contributed by atoms with van der Waals surface area (Å²) in [7, 11) is 4.17. The highest BCUT2D eigenvalue weighted by Crippen LogP contribution is 2.23. The van der Waals surface area contributed by atoms with Crippen molar-refractivity contribution in [2.75, 3.05) is 14.1 Å². The summed E-state index contributed by atoms with van der Waals surface area (Å²) in [6.07, 6.45) is 1.81. The molecule has 0 aliphatic rings. The molecule has 96 valence electrons. The molecule has 0 radical (unpaired) electrons. The Kier molecular flexibility index (Phi) is 3.05. The van der Waals surface area contributed by atoms with Crippen molar-refractivity contribution in [2.24, 2.45) is 0 Å². The van der Waals surface area contributed by atoms with Gasteiger partial charge in [-0.2, -0.15) is 0 Å². The molecule has 3 nitrogen and oxygen atoms in total. The van der Waals surface area contributed by atoms with Crippen LogP contribution in [0.5, 0.6) is 0 Å². The maximum absolute atomic E-state index is 4.33. The smallest absolute Gasteiger partial charge is 0.137 e. The van der Waals surface area contributed by atoms with E-state index in [0.29, 0.717) is 0 Å². The monoisotopic (exact) mass is 251 g/mol. The van der Waals surface area contributed by atoms with E-state index >= 15 is 0 Å². The van der Waals surface area contributed by atoms with E-state index in [2.05, 4.69) is 65.4 Å². The number of aromatic nitrogens is 2. The fourth-order valence-corrected chi connectivity index (χ4v) is 2.32. The molecule has 0 unspecified atom stereocenters. The summed E-state index contributed by atoms with van der Waals surface area (Å²) in [5.41, 5.74) is 4.58. The van der Waals surface area contributed by atoms with E-state index in [1.165, 1.54) is 11.1 Å². The molecular formula is C16H17N3. The third-order valence-corrected chi connectivity index (χ3v) is 3.13. The van der Waals surface area contributed by atoms with Crippen molar-refractivity contribution in [3.05, 3.63) is 54.2 Å². The summed E-state index contributed by atoms with van der Waals surface area (Å²) in [6.45, 7) is 0.951. The molecule has 2 aromatic heterocycles. The predicted octanol–water partition coefficient (Wildman–Crippen LogP) is 3.29. The van der Waals surface area contributed by atoms with Gasteiger partial charge in [0.15, 0.2) is 0 Å². The summed E-state index contributed by atoms with van der Waals surface area (Å²) in [5, 5.41) is 1.15. The first-order valence-corrected chi connectivity index (χ1v) is 6.40. The Bertz CT molecular complexity index is 665. The van der Waals surface area contributed by atoms with Crippen LogP contribution in [0.25, 0.3) is 22.3 Å². The first-order chi connectivity index (χ1) is 9.22. The molecular weight excluding hydrogens is 234 g/mol. The van der Waals surface area contributed by atoms with Crippen LogP contribution in [0.3, 0.4) is 0 Å². The van der Waals surface area contributed by atoms with Crippen LogP contribution >= 0.6 is 0 Å². The maximum Gasteiger partial charge on any atom is 0.137 e. The predicted molar refractivity (Wildman–Crippen MR) is 78.9 cm³/mol. The zero-order valence-corrected chi connectivity index (χ0v) is 11.2. The van der Waals surface area contributed by atoms with Gasteiger partial charge in [-0.1, -0.05) is 18.2 Å². The van der Waals surface area contributed by atoms with E-state index in [0.717, 1.165) is 23.3 Å². The third kappa shape index (κ3) is 2.51. The molecule has 19 heavy (non-hydrogen) atoms. The Morgan fingerprint density at radius 3 is 2.79 bits per heavy atom. The summed E-state index contributed by atoms with van der Waals surface area (Å²) in [4.78, 5) is 9.87. The molecule has 3 heteroatoms. The SMILES string of the molecule is CN(C)Cc1cccc(-c2cc3cccnc3[nH]2)c1. The van der Waals surface area contributed by atoms with Gasteiger partial charge in [0, 0.05) is 23.8 Å². The van der Waals surface area contributed by atoms with Crippen LogP contribution in [0.1, 0.15) is 5.56 Å². The van der Waals surface area contributed by atoms with Gasteiger partial charge in [-0.05, 0) is 49.5 Å².